The molecule has 1 rings (SSSR count). The summed E-state index contributed by atoms with van der Waals surface area (Å²) in [7, 11) is 0. The summed E-state index contributed by atoms with van der Waals surface area (Å²) in [5.74, 6) is 0.00222. The smallest absolute Gasteiger partial charge is 0.252 e. The van der Waals surface area contributed by atoms with Crippen LogP contribution in [0.25, 0.3) is 0 Å². The first-order valence-corrected chi connectivity index (χ1v) is 5.62. The van der Waals surface area contributed by atoms with E-state index in [9.17, 15) is 4.79 Å². The van der Waals surface area contributed by atoms with Crippen molar-refractivity contribution < 1.29 is 9.53 Å². The second-order valence-electron chi connectivity index (χ2n) is 3.83. The zero-order chi connectivity index (χ0) is 12.0. The highest BCUT2D eigenvalue weighted by Gasteiger charge is 2.13. The molecule has 0 heterocycles. The molecule has 0 aliphatic rings. The molecule has 0 aromatic heterocycles. The maximum atomic E-state index is 11.9. The molecule has 1 aromatic rings. The Hall–Kier alpha value is -1.35. The highest BCUT2D eigenvalue weighted by Crippen LogP contribution is 2.13. The molecule has 3 heteroatoms. The molecule has 0 bridgehead atoms. The maximum Gasteiger partial charge on any atom is 0.252 e. The van der Waals surface area contributed by atoms with Gasteiger partial charge in [-0.3, -0.25) is 4.79 Å². The van der Waals surface area contributed by atoms with Crippen LogP contribution in [0, 0.1) is 0 Å². The van der Waals surface area contributed by atoms with Gasteiger partial charge in [0, 0.05) is 12.2 Å². The standard InChI is InChI=1S/C13H19NO2/c1-4-14(12-8-6-5-7-9-12)13(15)10-16-11(2)3/h5-9,11H,4,10H2,1-3H3. The SMILES string of the molecule is CCN(C(=O)COC(C)C)c1ccccc1. The van der Waals surface area contributed by atoms with E-state index in [2.05, 4.69) is 0 Å². The third-order valence-corrected chi connectivity index (χ3v) is 2.23. The number of amides is 1. The van der Waals surface area contributed by atoms with Gasteiger partial charge in [0.2, 0.25) is 0 Å². The number of hydrogen-bond donors (Lipinski definition) is 0. The minimum Gasteiger partial charge on any atom is -0.369 e. The Kier molecular flexibility index (Phi) is 4.99. The predicted octanol–water partition coefficient (Wildman–Crippen LogP) is 2.46. The van der Waals surface area contributed by atoms with Crippen molar-refractivity contribution in [2.75, 3.05) is 18.1 Å². The summed E-state index contributed by atoms with van der Waals surface area (Å²) >= 11 is 0. The lowest BCUT2D eigenvalue weighted by atomic mass is 10.3. The summed E-state index contributed by atoms with van der Waals surface area (Å²) in [6.07, 6.45) is 0.0819. The Morgan fingerprint density at radius 2 is 1.94 bits per heavy atom. The van der Waals surface area contributed by atoms with Crippen molar-refractivity contribution in [1.29, 1.82) is 0 Å². The van der Waals surface area contributed by atoms with E-state index < -0.39 is 0 Å². The highest BCUT2D eigenvalue weighted by atomic mass is 16.5. The fourth-order valence-corrected chi connectivity index (χ4v) is 1.43. The largest absolute Gasteiger partial charge is 0.369 e. The van der Waals surface area contributed by atoms with Crippen LogP contribution in [0.1, 0.15) is 20.8 Å². The number of likely N-dealkylation sites (N-methyl/N-ethyl adjacent to an activating group) is 1. The molecule has 1 aromatic carbocycles. The van der Waals surface area contributed by atoms with Gasteiger partial charge in [0.05, 0.1) is 6.10 Å². The number of anilines is 1. The number of benzene rings is 1. The number of ether oxygens (including phenoxy) is 1. The Labute approximate surface area is 97.0 Å². The van der Waals surface area contributed by atoms with E-state index in [0.29, 0.717) is 6.54 Å². The minimum atomic E-state index is 0.00222. The number of para-hydroxylation sites is 1. The number of nitrogens with zero attached hydrogens (tertiary/aromatic N) is 1. The van der Waals surface area contributed by atoms with Crippen LogP contribution >= 0.6 is 0 Å². The number of hydrogen-bond acceptors (Lipinski definition) is 2. The lowest BCUT2D eigenvalue weighted by molar-refractivity contribution is -0.124. The summed E-state index contributed by atoms with van der Waals surface area (Å²) < 4.78 is 5.32. The van der Waals surface area contributed by atoms with Crippen molar-refractivity contribution in [3.8, 4) is 0 Å². The lowest BCUT2D eigenvalue weighted by Gasteiger charge is -2.21. The van der Waals surface area contributed by atoms with Crippen LogP contribution in [0.2, 0.25) is 0 Å². The van der Waals surface area contributed by atoms with Crippen LogP contribution in [0.15, 0.2) is 30.3 Å². The van der Waals surface area contributed by atoms with Crippen LogP contribution in [0.4, 0.5) is 5.69 Å². The van der Waals surface area contributed by atoms with E-state index in [1.807, 2.05) is 51.1 Å². The molecule has 0 spiro atoms. The van der Waals surface area contributed by atoms with E-state index in [-0.39, 0.29) is 18.6 Å². The van der Waals surface area contributed by atoms with Gasteiger partial charge >= 0.3 is 0 Å². The summed E-state index contributed by atoms with van der Waals surface area (Å²) in [4.78, 5) is 13.6. The molecule has 0 atom stereocenters. The van der Waals surface area contributed by atoms with Crippen molar-refractivity contribution in [3.63, 3.8) is 0 Å². The van der Waals surface area contributed by atoms with Crippen LogP contribution < -0.4 is 4.90 Å². The number of rotatable bonds is 5. The van der Waals surface area contributed by atoms with Gasteiger partial charge in [-0.25, -0.2) is 0 Å². The van der Waals surface area contributed by atoms with Gasteiger partial charge in [-0.05, 0) is 32.9 Å². The quantitative estimate of drug-likeness (QED) is 0.764. The topological polar surface area (TPSA) is 29.5 Å². The molecule has 3 nitrogen and oxygen atoms in total. The van der Waals surface area contributed by atoms with Gasteiger partial charge in [-0.2, -0.15) is 0 Å². The van der Waals surface area contributed by atoms with Crippen molar-refractivity contribution in [2.24, 2.45) is 0 Å². The van der Waals surface area contributed by atoms with E-state index in [1.54, 1.807) is 4.90 Å². The molecule has 0 saturated heterocycles. The lowest BCUT2D eigenvalue weighted by Crippen LogP contribution is -2.34. The van der Waals surface area contributed by atoms with Crippen LogP contribution in [-0.2, 0) is 9.53 Å². The summed E-state index contributed by atoms with van der Waals surface area (Å²) in [5, 5.41) is 0. The normalized spacial score (nSPS) is 10.5. The zero-order valence-electron chi connectivity index (χ0n) is 10.1. The summed E-state index contributed by atoms with van der Waals surface area (Å²) in [6.45, 7) is 6.60. The fraction of sp³-hybridized carbons (Fsp3) is 0.462. The number of carbonyl (C=O) groups is 1. The molecule has 1 amide bonds. The van der Waals surface area contributed by atoms with Crippen molar-refractivity contribution in [1.82, 2.24) is 0 Å². The number of carbonyl (C=O) groups excluding carboxylic acids is 1. The second-order valence-corrected chi connectivity index (χ2v) is 3.83. The van der Waals surface area contributed by atoms with Crippen LogP contribution in [0.5, 0.6) is 0 Å². The van der Waals surface area contributed by atoms with Crippen molar-refractivity contribution in [3.05, 3.63) is 30.3 Å². The molecule has 0 N–H and O–H groups in total. The van der Waals surface area contributed by atoms with Gasteiger partial charge in [0.1, 0.15) is 6.61 Å². The van der Waals surface area contributed by atoms with Crippen molar-refractivity contribution >= 4 is 11.6 Å². The van der Waals surface area contributed by atoms with Gasteiger partial charge in [0.15, 0.2) is 0 Å². The van der Waals surface area contributed by atoms with Gasteiger partial charge in [0.25, 0.3) is 5.91 Å². The second kappa shape index (κ2) is 6.28. The van der Waals surface area contributed by atoms with E-state index in [0.717, 1.165) is 5.69 Å². The average molecular weight is 221 g/mol. The maximum absolute atomic E-state index is 11.9. The monoisotopic (exact) mass is 221 g/mol. The van der Waals surface area contributed by atoms with Gasteiger partial charge < -0.3 is 9.64 Å². The fourth-order valence-electron chi connectivity index (χ4n) is 1.43. The molecule has 88 valence electrons. The summed E-state index contributed by atoms with van der Waals surface area (Å²) in [6, 6.07) is 9.64. The molecule has 16 heavy (non-hydrogen) atoms. The molecule has 0 fully saturated rings. The third kappa shape index (κ3) is 3.66. The van der Waals surface area contributed by atoms with E-state index >= 15 is 0 Å². The van der Waals surface area contributed by atoms with E-state index in [1.165, 1.54) is 0 Å². The first kappa shape index (κ1) is 12.7. The van der Waals surface area contributed by atoms with E-state index in [4.69, 9.17) is 4.74 Å². The average Bonchev–Trinajstić information content (AvgIpc) is 2.29. The molecular formula is C13H19NO2. The van der Waals surface area contributed by atoms with Crippen molar-refractivity contribution in [2.45, 2.75) is 26.9 Å². The highest BCUT2D eigenvalue weighted by molar-refractivity contribution is 5.94. The first-order chi connectivity index (χ1) is 7.65. The zero-order valence-corrected chi connectivity index (χ0v) is 10.1. The minimum absolute atomic E-state index is 0.00222. The first-order valence-electron chi connectivity index (χ1n) is 5.62. The summed E-state index contributed by atoms with van der Waals surface area (Å²) in [5.41, 5.74) is 0.919. The Morgan fingerprint density at radius 3 is 2.44 bits per heavy atom. The molecule has 0 unspecified atom stereocenters. The van der Waals surface area contributed by atoms with Crippen LogP contribution in [0.3, 0.4) is 0 Å². The van der Waals surface area contributed by atoms with Crippen LogP contribution in [-0.4, -0.2) is 25.2 Å². The van der Waals surface area contributed by atoms with Gasteiger partial charge in [-0.15, -0.1) is 0 Å². The Morgan fingerprint density at radius 1 is 1.31 bits per heavy atom. The molecule has 0 aliphatic carbocycles. The Bertz CT molecular complexity index is 322. The molecule has 0 radical (unpaired) electrons. The Balaban J connectivity index is 2.64. The predicted molar refractivity (Wildman–Crippen MR) is 65.6 cm³/mol. The molecular weight excluding hydrogens is 202 g/mol. The third-order valence-electron chi connectivity index (χ3n) is 2.23. The van der Waals surface area contributed by atoms with Gasteiger partial charge in [-0.1, -0.05) is 18.2 Å². The molecule has 0 saturated carbocycles. The molecule has 0 aliphatic heterocycles.